The third-order valence-corrected chi connectivity index (χ3v) is 7.54. The van der Waals surface area contributed by atoms with Gasteiger partial charge in [-0.1, -0.05) is 11.6 Å². The molecule has 4 aliphatic rings. The Labute approximate surface area is 139 Å². The summed E-state index contributed by atoms with van der Waals surface area (Å²) in [5.74, 6) is 3.57. The van der Waals surface area contributed by atoms with E-state index < -0.39 is 0 Å². The van der Waals surface area contributed by atoms with Crippen LogP contribution in [-0.2, 0) is 9.59 Å². The fourth-order valence-corrected chi connectivity index (χ4v) is 6.58. The Morgan fingerprint density at radius 2 is 1.96 bits per heavy atom. The van der Waals surface area contributed by atoms with Crippen LogP contribution in [0.3, 0.4) is 0 Å². The van der Waals surface area contributed by atoms with Gasteiger partial charge in [-0.2, -0.15) is 0 Å². The Bertz CT molecular complexity index is 572. The predicted octanol–water partition coefficient (Wildman–Crippen LogP) is 4.64. The minimum atomic E-state index is -0.0267. The molecule has 0 aromatic heterocycles. The van der Waals surface area contributed by atoms with E-state index in [0.717, 1.165) is 63.2 Å². The van der Waals surface area contributed by atoms with E-state index in [-0.39, 0.29) is 5.41 Å². The summed E-state index contributed by atoms with van der Waals surface area (Å²) in [6, 6.07) is 0. The molecule has 5 atom stereocenters. The quantitative estimate of drug-likeness (QED) is 0.711. The fourth-order valence-electron chi connectivity index (χ4n) is 6.58. The van der Waals surface area contributed by atoms with Crippen molar-refractivity contribution in [2.45, 2.75) is 64.2 Å². The number of carbonyl (C=O) groups is 2. The van der Waals surface area contributed by atoms with Crippen molar-refractivity contribution in [3.8, 4) is 0 Å². The lowest BCUT2D eigenvalue weighted by atomic mass is 9.51. The van der Waals surface area contributed by atoms with Crippen molar-refractivity contribution >= 4 is 11.6 Å². The van der Waals surface area contributed by atoms with Gasteiger partial charge in [-0.15, -0.1) is 6.58 Å². The zero-order chi connectivity index (χ0) is 16.0. The number of ketones is 2. The molecular formula is C21H28O2. The highest BCUT2D eigenvalue weighted by Gasteiger charge is 2.57. The Hall–Kier alpha value is -1.18. The predicted molar refractivity (Wildman–Crippen MR) is 90.9 cm³/mol. The minimum Gasteiger partial charge on any atom is -0.299 e. The van der Waals surface area contributed by atoms with Gasteiger partial charge in [0.05, 0.1) is 0 Å². The summed E-state index contributed by atoms with van der Waals surface area (Å²) in [4.78, 5) is 24.5. The number of hydrogen-bond donors (Lipinski definition) is 0. The van der Waals surface area contributed by atoms with Crippen LogP contribution in [0, 0.1) is 29.1 Å². The van der Waals surface area contributed by atoms with Gasteiger partial charge in [0.25, 0.3) is 0 Å². The highest BCUT2D eigenvalue weighted by Crippen LogP contribution is 2.62. The van der Waals surface area contributed by atoms with Crippen LogP contribution in [0.15, 0.2) is 24.3 Å². The van der Waals surface area contributed by atoms with Gasteiger partial charge in [-0.25, -0.2) is 0 Å². The van der Waals surface area contributed by atoms with Gasteiger partial charge in [-0.3, -0.25) is 9.59 Å². The Morgan fingerprint density at radius 3 is 2.78 bits per heavy atom. The molecule has 0 heterocycles. The van der Waals surface area contributed by atoms with Crippen LogP contribution >= 0.6 is 0 Å². The molecule has 0 amide bonds. The second-order valence-electron chi connectivity index (χ2n) is 8.29. The lowest BCUT2D eigenvalue weighted by Crippen LogP contribution is -2.47. The molecule has 0 aromatic rings. The summed E-state index contributed by atoms with van der Waals surface area (Å²) in [6.45, 7) is 3.87. The van der Waals surface area contributed by atoms with E-state index in [0.29, 0.717) is 23.4 Å². The van der Waals surface area contributed by atoms with Gasteiger partial charge in [0.15, 0.2) is 5.78 Å². The van der Waals surface area contributed by atoms with Crippen molar-refractivity contribution < 1.29 is 9.59 Å². The molecule has 0 spiro atoms. The Balaban J connectivity index is 1.62. The summed E-state index contributed by atoms with van der Waals surface area (Å²) >= 11 is 0. The molecular weight excluding hydrogens is 284 g/mol. The monoisotopic (exact) mass is 312 g/mol. The van der Waals surface area contributed by atoms with Crippen LogP contribution in [0.2, 0.25) is 0 Å². The minimum absolute atomic E-state index is 0.0267. The number of carbonyl (C=O) groups excluding carboxylic acids is 2. The molecule has 0 unspecified atom stereocenters. The van der Waals surface area contributed by atoms with Crippen molar-refractivity contribution in [2.24, 2.45) is 29.1 Å². The van der Waals surface area contributed by atoms with E-state index in [4.69, 9.17) is 0 Å². The third kappa shape index (κ3) is 2.28. The first-order valence-corrected chi connectivity index (χ1v) is 9.53. The lowest BCUT2D eigenvalue weighted by molar-refractivity contribution is -0.133. The highest BCUT2D eigenvalue weighted by atomic mass is 16.1. The van der Waals surface area contributed by atoms with Crippen LogP contribution in [-0.4, -0.2) is 11.6 Å². The summed E-state index contributed by atoms with van der Waals surface area (Å²) in [5.41, 5.74) is 1.41. The number of allylic oxidation sites excluding steroid dienone is 2. The van der Waals surface area contributed by atoms with E-state index in [1.165, 1.54) is 18.4 Å². The van der Waals surface area contributed by atoms with Crippen molar-refractivity contribution in [3.63, 3.8) is 0 Å². The van der Waals surface area contributed by atoms with Crippen molar-refractivity contribution in [2.75, 3.05) is 0 Å². The normalized spacial score (nSPS) is 42.5. The number of Topliss-reactive ketones (excluding diaryl/α,β-unsaturated/α-hetero) is 1. The second-order valence-corrected chi connectivity index (χ2v) is 8.29. The average molecular weight is 312 g/mol. The van der Waals surface area contributed by atoms with Gasteiger partial charge in [-0.05, 0) is 81.1 Å². The van der Waals surface area contributed by atoms with Crippen LogP contribution < -0.4 is 0 Å². The zero-order valence-electron chi connectivity index (χ0n) is 14.1. The van der Waals surface area contributed by atoms with E-state index in [1.807, 2.05) is 12.2 Å². The Morgan fingerprint density at radius 1 is 1.09 bits per heavy atom. The third-order valence-electron chi connectivity index (χ3n) is 7.54. The van der Waals surface area contributed by atoms with Crippen molar-refractivity contribution in [1.29, 1.82) is 0 Å². The molecule has 0 aliphatic heterocycles. The molecule has 124 valence electrons. The number of hydrogen-bond acceptors (Lipinski definition) is 2. The van der Waals surface area contributed by atoms with E-state index >= 15 is 0 Å². The first-order chi connectivity index (χ1) is 11.2. The maximum Gasteiger partial charge on any atom is 0.155 e. The second kappa shape index (κ2) is 5.72. The lowest BCUT2D eigenvalue weighted by Gasteiger charge is -2.53. The van der Waals surface area contributed by atoms with E-state index in [1.54, 1.807) is 0 Å². The Kier molecular flexibility index (Phi) is 3.82. The molecule has 3 saturated carbocycles. The van der Waals surface area contributed by atoms with Crippen molar-refractivity contribution in [3.05, 3.63) is 24.3 Å². The standard InChI is InChI=1S/C21H28O2/c1-2-3-11-21-12-10-17-16-7-5-15(22)13-14(16)4-6-18(17)19(21)8-9-20(21)23/h2,13,16-19H,1,3-12H2/t16-,17+,18+,19-,21-/m0/s1. The molecule has 2 heteroatoms. The number of fused-ring (bicyclic) bond motifs is 5. The maximum atomic E-state index is 12.7. The summed E-state index contributed by atoms with van der Waals surface area (Å²) < 4.78 is 0. The van der Waals surface area contributed by atoms with E-state index in [2.05, 4.69) is 6.58 Å². The molecule has 23 heavy (non-hydrogen) atoms. The van der Waals surface area contributed by atoms with Crippen LogP contribution in [0.4, 0.5) is 0 Å². The molecule has 0 bridgehead atoms. The summed E-state index contributed by atoms with van der Waals surface area (Å²) in [6.07, 6.45) is 14.2. The molecule has 3 fully saturated rings. The van der Waals surface area contributed by atoms with Gasteiger partial charge in [0, 0.05) is 18.3 Å². The molecule has 4 aliphatic carbocycles. The first-order valence-electron chi connectivity index (χ1n) is 9.53. The van der Waals surface area contributed by atoms with Crippen LogP contribution in [0.5, 0.6) is 0 Å². The van der Waals surface area contributed by atoms with Gasteiger partial charge in [0.1, 0.15) is 5.78 Å². The smallest absolute Gasteiger partial charge is 0.155 e. The molecule has 0 saturated heterocycles. The van der Waals surface area contributed by atoms with Crippen molar-refractivity contribution in [1.82, 2.24) is 0 Å². The van der Waals surface area contributed by atoms with Gasteiger partial charge < -0.3 is 0 Å². The topological polar surface area (TPSA) is 34.1 Å². The summed E-state index contributed by atoms with van der Waals surface area (Å²) in [5, 5.41) is 0. The SMILES string of the molecule is C=CCC[C@]12CC[C@H]3[C@@H](CCC4=CC(=O)CC[C@@H]43)[C@@H]1CCC2=O. The molecule has 2 nitrogen and oxygen atoms in total. The largest absolute Gasteiger partial charge is 0.299 e. The first kappa shape index (κ1) is 15.4. The fraction of sp³-hybridized carbons (Fsp3) is 0.714. The van der Waals surface area contributed by atoms with Crippen LogP contribution in [0.1, 0.15) is 64.2 Å². The van der Waals surface area contributed by atoms with Crippen LogP contribution in [0.25, 0.3) is 0 Å². The molecule has 0 N–H and O–H groups in total. The molecule has 4 rings (SSSR count). The summed E-state index contributed by atoms with van der Waals surface area (Å²) in [7, 11) is 0. The number of rotatable bonds is 3. The molecule has 0 aromatic carbocycles. The van der Waals surface area contributed by atoms with Gasteiger partial charge in [0.2, 0.25) is 0 Å². The maximum absolute atomic E-state index is 12.7. The molecule has 0 radical (unpaired) electrons. The average Bonchev–Trinajstić information content (AvgIpc) is 2.89. The van der Waals surface area contributed by atoms with E-state index in [9.17, 15) is 9.59 Å². The highest BCUT2D eigenvalue weighted by molar-refractivity contribution is 5.91. The van der Waals surface area contributed by atoms with Gasteiger partial charge >= 0.3 is 0 Å². The zero-order valence-corrected chi connectivity index (χ0v) is 14.1.